The van der Waals surface area contributed by atoms with Crippen LogP contribution in [0.15, 0.2) is 54.1 Å². The van der Waals surface area contributed by atoms with E-state index in [1.807, 2.05) is 6.92 Å². The molecule has 0 aliphatic rings. The van der Waals surface area contributed by atoms with Crippen LogP contribution in [0.2, 0.25) is 0 Å². The average molecular weight is 337 g/mol. The number of carbonyl (C=O) groups excluding carboxylic acids is 1. The quantitative estimate of drug-likeness (QED) is 0.375. The molecule has 2 aromatic rings. The molecule has 0 heterocycles. The van der Waals surface area contributed by atoms with Crippen LogP contribution in [0.3, 0.4) is 0 Å². The summed E-state index contributed by atoms with van der Waals surface area (Å²) in [6, 6.07) is 14.3. The average Bonchev–Trinajstić information content (AvgIpc) is 2.61. The smallest absolute Gasteiger partial charge is 0.276 e. The van der Waals surface area contributed by atoms with Gasteiger partial charge in [-0.05, 0) is 43.3 Å². The highest BCUT2D eigenvalue weighted by molar-refractivity contribution is 6.09. The number of ether oxygens (including phenoxy) is 1. The third kappa shape index (κ3) is 4.65. The number of hydrogen-bond donors (Lipinski definition) is 1. The first kappa shape index (κ1) is 17.7. The Morgan fingerprint density at radius 2 is 1.96 bits per heavy atom. The van der Waals surface area contributed by atoms with Crippen LogP contribution in [-0.4, -0.2) is 17.4 Å². The fourth-order valence-electron chi connectivity index (χ4n) is 2.08. The molecule has 0 atom stereocenters. The number of benzene rings is 2. The molecule has 0 bridgehead atoms. The molecule has 0 saturated carbocycles. The Morgan fingerprint density at radius 3 is 2.56 bits per heavy atom. The van der Waals surface area contributed by atoms with Crippen LogP contribution in [0, 0.1) is 21.4 Å². The third-order valence-corrected chi connectivity index (χ3v) is 3.22. The molecule has 1 amide bonds. The van der Waals surface area contributed by atoms with Gasteiger partial charge >= 0.3 is 0 Å². The first-order valence-electron chi connectivity index (χ1n) is 7.44. The predicted molar refractivity (Wildman–Crippen MR) is 92.9 cm³/mol. The number of nitrogens with zero attached hydrogens (tertiary/aromatic N) is 2. The van der Waals surface area contributed by atoms with E-state index in [0.29, 0.717) is 18.0 Å². The lowest BCUT2D eigenvalue weighted by Crippen LogP contribution is -2.13. The second kappa shape index (κ2) is 8.26. The van der Waals surface area contributed by atoms with Gasteiger partial charge in [-0.2, -0.15) is 5.26 Å². The van der Waals surface area contributed by atoms with Gasteiger partial charge in [0.25, 0.3) is 11.6 Å². The number of nitriles is 1. The minimum atomic E-state index is -0.648. The Morgan fingerprint density at radius 1 is 1.28 bits per heavy atom. The standard InChI is InChI=1S/C18H15N3O4/c1-2-25-16-9-7-15(8-10-16)20-18(22)14(12-19)11-13-5-3-4-6-17(13)21(23)24/h3-11H,2H2,1H3,(H,20,22)/b14-11+. The number of amides is 1. The molecule has 0 saturated heterocycles. The molecule has 7 nitrogen and oxygen atoms in total. The Bertz CT molecular complexity index is 851. The van der Waals surface area contributed by atoms with E-state index < -0.39 is 10.8 Å². The number of nitro benzene ring substituents is 1. The van der Waals surface area contributed by atoms with E-state index in [2.05, 4.69) is 5.32 Å². The lowest BCUT2D eigenvalue weighted by atomic mass is 10.1. The van der Waals surface area contributed by atoms with Crippen molar-refractivity contribution in [3.63, 3.8) is 0 Å². The van der Waals surface area contributed by atoms with Crippen molar-refractivity contribution >= 4 is 23.4 Å². The summed E-state index contributed by atoms with van der Waals surface area (Å²) in [6.07, 6.45) is 1.20. The number of anilines is 1. The van der Waals surface area contributed by atoms with Crippen molar-refractivity contribution in [2.45, 2.75) is 6.92 Å². The highest BCUT2D eigenvalue weighted by Gasteiger charge is 2.15. The highest BCUT2D eigenvalue weighted by Crippen LogP contribution is 2.21. The molecule has 7 heteroatoms. The summed E-state index contributed by atoms with van der Waals surface area (Å²) in [5.74, 6) is 0.0151. The minimum absolute atomic E-state index is 0.177. The summed E-state index contributed by atoms with van der Waals surface area (Å²) >= 11 is 0. The highest BCUT2D eigenvalue weighted by atomic mass is 16.6. The number of para-hydroxylation sites is 1. The van der Waals surface area contributed by atoms with E-state index >= 15 is 0 Å². The van der Waals surface area contributed by atoms with Crippen LogP contribution >= 0.6 is 0 Å². The topological polar surface area (TPSA) is 105 Å². The van der Waals surface area contributed by atoms with Crippen molar-refractivity contribution in [3.8, 4) is 11.8 Å². The fraction of sp³-hybridized carbons (Fsp3) is 0.111. The molecule has 25 heavy (non-hydrogen) atoms. The molecule has 2 aromatic carbocycles. The lowest BCUT2D eigenvalue weighted by molar-refractivity contribution is -0.385. The second-order valence-corrected chi connectivity index (χ2v) is 4.90. The zero-order valence-electron chi connectivity index (χ0n) is 13.4. The van der Waals surface area contributed by atoms with Gasteiger partial charge in [0.15, 0.2) is 0 Å². The zero-order chi connectivity index (χ0) is 18.2. The molecule has 0 fully saturated rings. The maximum absolute atomic E-state index is 12.2. The molecule has 0 aliphatic heterocycles. The number of nitrogens with one attached hydrogen (secondary N) is 1. The van der Waals surface area contributed by atoms with Crippen LogP contribution in [0.4, 0.5) is 11.4 Å². The second-order valence-electron chi connectivity index (χ2n) is 4.90. The Kier molecular flexibility index (Phi) is 5.85. The van der Waals surface area contributed by atoms with E-state index in [1.165, 1.54) is 24.3 Å². The normalized spacial score (nSPS) is 10.6. The lowest BCUT2D eigenvalue weighted by Gasteiger charge is -2.06. The molecule has 126 valence electrons. The van der Waals surface area contributed by atoms with Crippen molar-refractivity contribution < 1.29 is 14.5 Å². The Labute approximate surface area is 144 Å². The summed E-state index contributed by atoms with van der Waals surface area (Å²) < 4.78 is 5.31. The summed E-state index contributed by atoms with van der Waals surface area (Å²) in [5.41, 5.74) is 0.260. The van der Waals surface area contributed by atoms with Gasteiger partial charge in [-0.15, -0.1) is 0 Å². The predicted octanol–water partition coefficient (Wildman–Crippen LogP) is 3.54. The summed E-state index contributed by atoms with van der Waals surface area (Å²) in [4.78, 5) is 22.7. The van der Waals surface area contributed by atoms with Crippen molar-refractivity contribution in [1.29, 1.82) is 5.26 Å². The number of hydrogen-bond acceptors (Lipinski definition) is 5. The van der Waals surface area contributed by atoms with Gasteiger partial charge < -0.3 is 10.1 Å². The third-order valence-electron chi connectivity index (χ3n) is 3.22. The minimum Gasteiger partial charge on any atom is -0.494 e. The van der Waals surface area contributed by atoms with E-state index in [9.17, 15) is 20.2 Å². The summed E-state index contributed by atoms with van der Waals surface area (Å²) in [6.45, 7) is 2.39. The molecule has 2 rings (SSSR count). The number of carbonyl (C=O) groups is 1. The summed E-state index contributed by atoms with van der Waals surface area (Å²) in [5, 5.41) is 22.8. The van der Waals surface area contributed by atoms with E-state index in [4.69, 9.17) is 4.74 Å². The monoisotopic (exact) mass is 337 g/mol. The molecule has 0 aromatic heterocycles. The van der Waals surface area contributed by atoms with Gasteiger partial charge in [0.2, 0.25) is 0 Å². The van der Waals surface area contributed by atoms with Crippen LogP contribution in [-0.2, 0) is 4.79 Å². The van der Waals surface area contributed by atoms with E-state index in [0.717, 1.165) is 0 Å². The fourth-order valence-corrected chi connectivity index (χ4v) is 2.08. The van der Waals surface area contributed by atoms with Gasteiger partial charge in [-0.25, -0.2) is 0 Å². The maximum atomic E-state index is 12.2. The SMILES string of the molecule is CCOc1ccc(NC(=O)/C(C#N)=C/c2ccccc2[N+](=O)[O-])cc1. The largest absolute Gasteiger partial charge is 0.494 e. The zero-order valence-corrected chi connectivity index (χ0v) is 13.4. The molecule has 0 radical (unpaired) electrons. The van der Waals surface area contributed by atoms with Crippen LogP contribution in [0.25, 0.3) is 6.08 Å². The van der Waals surface area contributed by atoms with Gasteiger partial charge in [-0.1, -0.05) is 12.1 Å². The van der Waals surface area contributed by atoms with Gasteiger partial charge in [0.1, 0.15) is 17.4 Å². The molecule has 0 unspecified atom stereocenters. The van der Waals surface area contributed by atoms with Gasteiger partial charge in [0.05, 0.1) is 17.1 Å². The first-order chi connectivity index (χ1) is 12.0. The van der Waals surface area contributed by atoms with E-state index in [1.54, 1.807) is 36.4 Å². The van der Waals surface area contributed by atoms with Crippen LogP contribution in [0.5, 0.6) is 5.75 Å². The molecule has 1 N–H and O–H groups in total. The first-order valence-corrected chi connectivity index (χ1v) is 7.44. The van der Waals surface area contributed by atoms with E-state index in [-0.39, 0.29) is 16.8 Å². The van der Waals surface area contributed by atoms with Crippen molar-refractivity contribution in [2.24, 2.45) is 0 Å². The number of rotatable bonds is 6. The molecular weight excluding hydrogens is 322 g/mol. The number of nitro groups is 1. The Balaban J connectivity index is 2.21. The van der Waals surface area contributed by atoms with Gasteiger partial charge in [-0.3, -0.25) is 14.9 Å². The molecule has 0 spiro atoms. The van der Waals surface area contributed by atoms with Crippen LogP contribution in [0.1, 0.15) is 12.5 Å². The van der Waals surface area contributed by atoms with Gasteiger partial charge in [0, 0.05) is 11.8 Å². The maximum Gasteiger partial charge on any atom is 0.276 e. The Hall–Kier alpha value is -3.66. The van der Waals surface area contributed by atoms with Crippen molar-refractivity contribution in [1.82, 2.24) is 0 Å². The van der Waals surface area contributed by atoms with Crippen molar-refractivity contribution in [2.75, 3.05) is 11.9 Å². The molecular formula is C18H15N3O4. The molecule has 0 aliphatic carbocycles. The van der Waals surface area contributed by atoms with Crippen molar-refractivity contribution in [3.05, 3.63) is 69.8 Å². The van der Waals surface area contributed by atoms with Crippen LogP contribution < -0.4 is 10.1 Å². The summed E-state index contributed by atoms with van der Waals surface area (Å²) in [7, 11) is 0.